The van der Waals surface area contributed by atoms with Gasteiger partial charge in [0.1, 0.15) is 12.0 Å². The van der Waals surface area contributed by atoms with E-state index in [0.717, 1.165) is 18.7 Å². The topological polar surface area (TPSA) is 80.1 Å². The Hall–Kier alpha value is -1.69. The Balaban J connectivity index is 2.63. The molecule has 94 valence electrons. The van der Waals surface area contributed by atoms with Crippen LogP contribution < -0.4 is 10.6 Å². The molecule has 0 aliphatic carbocycles. The fraction of sp³-hybridized carbons (Fsp3) is 0.545. The lowest BCUT2D eigenvalue weighted by atomic mass is 10.2. The van der Waals surface area contributed by atoms with E-state index >= 15 is 0 Å². The predicted octanol–water partition coefficient (Wildman–Crippen LogP) is 1.57. The molecule has 0 saturated heterocycles. The molecule has 17 heavy (non-hydrogen) atoms. The summed E-state index contributed by atoms with van der Waals surface area (Å²) in [6.07, 6.45) is 1.28. The molecule has 6 nitrogen and oxygen atoms in total. The molecule has 1 aromatic heterocycles. The van der Waals surface area contributed by atoms with Gasteiger partial charge in [0.25, 0.3) is 5.69 Å². The van der Waals surface area contributed by atoms with Crippen LogP contribution in [-0.2, 0) is 0 Å². The summed E-state index contributed by atoms with van der Waals surface area (Å²) in [7, 11) is 1.91. The van der Waals surface area contributed by atoms with E-state index in [1.807, 2.05) is 14.0 Å². The van der Waals surface area contributed by atoms with E-state index in [9.17, 15) is 10.1 Å². The molecule has 2 N–H and O–H groups in total. The molecule has 1 aromatic rings. The van der Waals surface area contributed by atoms with Crippen LogP contribution in [0.1, 0.15) is 12.5 Å². The highest BCUT2D eigenvalue weighted by molar-refractivity contribution is 5.48. The summed E-state index contributed by atoms with van der Waals surface area (Å²) in [6.45, 7) is 5.63. The zero-order chi connectivity index (χ0) is 12.8. The number of nitrogens with one attached hydrogen (secondary N) is 2. The average Bonchev–Trinajstić information content (AvgIpc) is 2.27. The van der Waals surface area contributed by atoms with Crippen molar-refractivity contribution in [1.82, 2.24) is 10.3 Å². The minimum absolute atomic E-state index is 0.0244. The molecule has 0 bridgehead atoms. The Kier molecular flexibility index (Phi) is 4.84. The van der Waals surface area contributed by atoms with Crippen molar-refractivity contribution in [1.29, 1.82) is 0 Å². The van der Waals surface area contributed by atoms with E-state index in [0.29, 0.717) is 11.7 Å². The Morgan fingerprint density at radius 1 is 1.53 bits per heavy atom. The molecule has 0 aromatic carbocycles. The second kappa shape index (κ2) is 6.15. The number of pyridine rings is 1. The second-order valence-electron chi connectivity index (χ2n) is 4.16. The maximum Gasteiger partial charge on any atom is 0.287 e. The van der Waals surface area contributed by atoms with Gasteiger partial charge < -0.3 is 10.6 Å². The maximum absolute atomic E-state index is 10.6. The van der Waals surface area contributed by atoms with Gasteiger partial charge in [0.15, 0.2) is 0 Å². The van der Waals surface area contributed by atoms with Crippen LogP contribution in [0.4, 0.5) is 11.5 Å². The molecule has 1 rings (SSSR count). The first-order chi connectivity index (χ1) is 8.04. The van der Waals surface area contributed by atoms with E-state index in [-0.39, 0.29) is 5.69 Å². The Morgan fingerprint density at radius 3 is 2.76 bits per heavy atom. The number of hydrogen-bond acceptors (Lipinski definition) is 5. The molecule has 0 radical (unpaired) electrons. The van der Waals surface area contributed by atoms with Crippen LogP contribution in [0.25, 0.3) is 0 Å². The van der Waals surface area contributed by atoms with E-state index in [1.165, 1.54) is 12.3 Å². The van der Waals surface area contributed by atoms with Gasteiger partial charge in [0, 0.05) is 12.6 Å². The lowest BCUT2D eigenvalue weighted by molar-refractivity contribution is -0.385. The summed E-state index contributed by atoms with van der Waals surface area (Å²) in [5.41, 5.74) is 0.812. The molecule has 0 amide bonds. The van der Waals surface area contributed by atoms with Crippen molar-refractivity contribution in [2.45, 2.75) is 13.8 Å². The first-order valence-electron chi connectivity index (χ1n) is 5.54. The van der Waals surface area contributed by atoms with Gasteiger partial charge in [-0.15, -0.1) is 0 Å². The molecule has 1 atom stereocenters. The monoisotopic (exact) mass is 238 g/mol. The van der Waals surface area contributed by atoms with Gasteiger partial charge in [0.2, 0.25) is 0 Å². The quantitative estimate of drug-likeness (QED) is 0.580. The third kappa shape index (κ3) is 3.99. The first-order valence-corrected chi connectivity index (χ1v) is 5.54. The van der Waals surface area contributed by atoms with Gasteiger partial charge in [0.05, 0.1) is 4.92 Å². The minimum Gasteiger partial charge on any atom is -0.370 e. The zero-order valence-corrected chi connectivity index (χ0v) is 10.4. The Morgan fingerprint density at radius 2 is 2.24 bits per heavy atom. The SMILES string of the molecule is CNCC(C)CNc1ncc([N+](=O)[O-])cc1C. The van der Waals surface area contributed by atoms with Gasteiger partial charge in [-0.05, 0) is 32.0 Å². The number of aromatic nitrogens is 1. The summed E-state index contributed by atoms with van der Waals surface area (Å²) in [4.78, 5) is 14.2. The smallest absolute Gasteiger partial charge is 0.287 e. The molecular formula is C11H18N4O2. The highest BCUT2D eigenvalue weighted by Gasteiger charge is 2.09. The van der Waals surface area contributed by atoms with Crippen LogP contribution in [0, 0.1) is 23.0 Å². The van der Waals surface area contributed by atoms with Crippen LogP contribution in [-0.4, -0.2) is 30.0 Å². The molecule has 0 spiro atoms. The van der Waals surface area contributed by atoms with Crippen LogP contribution in [0.15, 0.2) is 12.3 Å². The molecule has 1 unspecified atom stereocenters. The van der Waals surface area contributed by atoms with Crippen molar-refractivity contribution in [2.24, 2.45) is 5.92 Å². The predicted molar refractivity (Wildman–Crippen MR) is 67.2 cm³/mol. The first kappa shape index (κ1) is 13.4. The van der Waals surface area contributed by atoms with Crippen molar-refractivity contribution >= 4 is 11.5 Å². The van der Waals surface area contributed by atoms with Gasteiger partial charge in [-0.25, -0.2) is 4.98 Å². The largest absolute Gasteiger partial charge is 0.370 e. The fourth-order valence-corrected chi connectivity index (χ4v) is 1.54. The van der Waals surface area contributed by atoms with Crippen LogP contribution in [0.5, 0.6) is 0 Å². The van der Waals surface area contributed by atoms with Crippen molar-refractivity contribution < 1.29 is 4.92 Å². The number of aryl methyl sites for hydroxylation is 1. The van der Waals surface area contributed by atoms with Gasteiger partial charge in [-0.3, -0.25) is 10.1 Å². The van der Waals surface area contributed by atoms with Gasteiger partial charge >= 0.3 is 0 Å². The molecule has 0 aliphatic heterocycles. The van der Waals surface area contributed by atoms with Crippen LogP contribution >= 0.6 is 0 Å². The second-order valence-corrected chi connectivity index (χ2v) is 4.16. The summed E-state index contributed by atoms with van der Waals surface area (Å²) >= 11 is 0. The van der Waals surface area contributed by atoms with Crippen molar-refractivity contribution in [3.8, 4) is 0 Å². The fourth-order valence-electron chi connectivity index (χ4n) is 1.54. The maximum atomic E-state index is 10.6. The molecular weight excluding hydrogens is 220 g/mol. The molecule has 1 heterocycles. The third-order valence-corrected chi connectivity index (χ3v) is 2.45. The molecule has 0 fully saturated rings. The highest BCUT2D eigenvalue weighted by Crippen LogP contribution is 2.17. The third-order valence-electron chi connectivity index (χ3n) is 2.45. The van der Waals surface area contributed by atoms with E-state index in [2.05, 4.69) is 22.5 Å². The Labute approximate surface area is 101 Å². The lowest BCUT2D eigenvalue weighted by Crippen LogP contribution is -2.23. The van der Waals surface area contributed by atoms with Crippen molar-refractivity contribution in [3.63, 3.8) is 0 Å². The minimum atomic E-state index is -0.437. The van der Waals surface area contributed by atoms with E-state index < -0.39 is 4.92 Å². The normalized spacial score (nSPS) is 12.2. The standard InChI is InChI=1S/C11H18N4O2/c1-8(5-12-3)6-13-11-9(2)4-10(7-14-11)15(16)17/h4,7-8,12H,5-6H2,1-3H3,(H,13,14). The van der Waals surface area contributed by atoms with Gasteiger partial charge in [-0.1, -0.05) is 6.92 Å². The lowest BCUT2D eigenvalue weighted by Gasteiger charge is -2.13. The van der Waals surface area contributed by atoms with Crippen molar-refractivity contribution in [2.75, 3.05) is 25.5 Å². The molecule has 0 saturated carbocycles. The Bertz CT molecular complexity index is 395. The number of hydrogen-bond donors (Lipinski definition) is 2. The average molecular weight is 238 g/mol. The van der Waals surface area contributed by atoms with Gasteiger partial charge in [-0.2, -0.15) is 0 Å². The van der Waals surface area contributed by atoms with E-state index in [4.69, 9.17) is 0 Å². The highest BCUT2D eigenvalue weighted by atomic mass is 16.6. The summed E-state index contributed by atoms with van der Waals surface area (Å²) < 4.78 is 0. The zero-order valence-electron chi connectivity index (χ0n) is 10.4. The molecule has 0 aliphatic rings. The summed E-state index contributed by atoms with van der Waals surface area (Å²) in [5, 5.41) is 16.8. The van der Waals surface area contributed by atoms with Crippen LogP contribution in [0.2, 0.25) is 0 Å². The van der Waals surface area contributed by atoms with Crippen molar-refractivity contribution in [3.05, 3.63) is 27.9 Å². The number of nitrogens with zero attached hydrogens (tertiary/aromatic N) is 2. The number of anilines is 1. The molecule has 6 heteroatoms. The van der Waals surface area contributed by atoms with E-state index in [1.54, 1.807) is 0 Å². The number of rotatable bonds is 6. The summed E-state index contributed by atoms with van der Waals surface area (Å²) in [6, 6.07) is 1.53. The summed E-state index contributed by atoms with van der Waals surface area (Å²) in [5.74, 6) is 1.18. The van der Waals surface area contributed by atoms with Crippen LogP contribution in [0.3, 0.4) is 0 Å². The number of nitro groups is 1.